The summed E-state index contributed by atoms with van der Waals surface area (Å²) in [6, 6.07) is 6.90. The monoisotopic (exact) mass is 284 g/mol. The van der Waals surface area contributed by atoms with Gasteiger partial charge in [0.1, 0.15) is 5.78 Å². The van der Waals surface area contributed by atoms with Crippen LogP contribution in [0.4, 0.5) is 0 Å². The Labute approximate surface area is 129 Å². The normalized spacial score (nSPS) is 31.0. The van der Waals surface area contributed by atoms with Gasteiger partial charge in [-0.1, -0.05) is 59.2 Å². The molecule has 1 nitrogen and oxygen atoms in total. The fourth-order valence-electron chi connectivity index (χ4n) is 5.11. The molecule has 0 radical (unpaired) electrons. The zero-order chi connectivity index (χ0) is 15.4. The van der Waals surface area contributed by atoms with Gasteiger partial charge in [0.05, 0.1) is 0 Å². The predicted octanol–water partition coefficient (Wildman–Crippen LogP) is 5.02. The zero-order valence-corrected chi connectivity index (χ0v) is 14.1. The third-order valence-corrected chi connectivity index (χ3v) is 6.03. The fraction of sp³-hybridized carbons (Fsp3) is 0.650. The number of hydrogen-bond acceptors (Lipinski definition) is 1. The van der Waals surface area contributed by atoms with Gasteiger partial charge in [0.15, 0.2) is 0 Å². The van der Waals surface area contributed by atoms with Gasteiger partial charge in [-0.05, 0) is 40.9 Å². The van der Waals surface area contributed by atoms with E-state index in [0.717, 1.165) is 6.42 Å². The van der Waals surface area contributed by atoms with Crippen molar-refractivity contribution >= 4 is 5.78 Å². The lowest BCUT2D eigenvalue weighted by Crippen LogP contribution is -2.52. The van der Waals surface area contributed by atoms with E-state index in [1.54, 1.807) is 0 Å². The lowest BCUT2D eigenvalue weighted by molar-refractivity contribution is -0.132. The smallest absolute Gasteiger partial charge is 0.141 e. The minimum atomic E-state index is 0.0436. The molecule has 0 unspecified atom stereocenters. The minimum Gasteiger partial charge on any atom is -0.299 e. The fourth-order valence-corrected chi connectivity index (χ4v) is 5.11. The molecular formula is C20H28O. The van der Waals surface area contributed by atoms with Crippen molar-refractivity contribution in [2.24, 2.45) is 11.3 Å². The second-order valence-electron chi connectivity index (χ2n) is 8.41. The van der Waals surface area contributed by atoms with Crippen LogP contribution in [0, 0.1) is 11.3 Å². The number of fused-ring (bicyclic) bond motifs is 3. The average molecular weight is 284 g/mol. The van der Waals surface area contributed by atoms with Crippen molar-refractivity contribution < 1.29 is 4.79 Å². The molecule has 0 heterocycles. The number of carbonyl (C=O) groups is 1. The van der Waals surface area contributed by atoms with E-state index in [0.29, 0.717) is 18.1 Å². The summed E-state index contributed by atoms with van der Waals surface area (Å²) in [5.74, 6) is 1.19. The van der Waals surface area contributed by atoms with Gasteiger partial charge in [-0.3, -0.25) is 4.79 Å². The van der Waals surface area contributed by atoms with E-state index in [4.69, 9.17) is 0 Å². The summed E-state index contributed by atoms with van der Waals surface area (Å²) in [7, 11) is 0. The lowest BCUT2D eigenvalue weighted by Gasteiger charge is -2.53. The number of rotatable bonds is 1. The van der Waals surface area contributed by atoms with Gasteiger partial charge in [0.25, 0.3) is 0 Å². The molecule has 0 amide bonds. The number of ketones is 1. The first-order valence-corrected chi connectivity index (χ1v) is 8.42. The zero-order valence-electron chi connectivity index (χ0n) is 14.1. The molecular weight excluding hydrogens is 256 g/mol. The van der Waals surface area contributed by atoms with Crippen LogP contribution in [0.25, 0.3) is 0 Å². The summed E-state index contributed by atoms with van der Waals surface area (Å²) >= 11 is 0. The van der Waals surface area contributed by atoms with Crippen molar-refractivity contribution in [3.8, 4) is 0 Å². The predicted molar refractivity (Wildman–Crippen MR) is 87.7 cm³/mol. The van der Waals surface area contributed by atoms with E-state index < -0.39 is 0 Å². The summed E-state index contributed by atoms with van der Waals surface area (Å²) in [6.07, 6.45) is 4.21. The van der Waals surface area contributed by atoms with Crippen LogP contribution in [-0.4, -0.2) is 5.78 Å². The van der Waals surface area contributed by atoms with Gasteiger partial charge in [-0.25, -0.2) is 0 Å². The van der Waals surface area contributed by atoms with Gasteiger partial charge >= 0.3 is 0 Å². The number of Topliss-reactive ketones (excluding diaryl/α,β-unsaturated/α-hetero) is 1. The SMILES string of the molecule is CC(C)c1ccc2c(c1)CC(=O)[C@H]1C(C)(C)CCC[C@]21C. The summed E-state index contributed by atoms with van der Waals surface area (Å²) in [5.41, 5.74) is 4.28. The van der Waals surface area contributed by atoms with Crippen LogP contribution in [-0.2, 0) is 16.6 Å². The molecule has 114 valence electrons. The molecule has 1 fully saturated rings. The van der Waals surface area contributed by atoms with Crippen molar-refractivity contribution in [3.63, 3.8) is 0 Å². The molecule has 2 atom stereocenters. The summed E-state index contributed by atoms with van der Waals surface area (Å²) in [6.45, 7) is 11.4. The highest BCUT2D eigenvalue weighted by Gasteiger charge is 2.53. The molecule has 21 heavy (non-hydrogen) atoms. The first-order chi connectivity index (χ1) is 9.75. The maximum Gasteiger partial charge on any atom is 0.141 e. The van der Waals surface area contributed by atoms with E-state index >= 15 is 0 Å². The second kappa shape index (κ2) is 4.69. The van der Waals surface area contributed by atoms with Crippen LogP contribution in [0.3, 0.4) is 0 Å². The van der Waals surface area contributed by atoms with Crippen molar-refractivity contribution in [2.45, 2.75) is 71.6 Å². The van der Waals surface area contributed by atoms with E-state index in [1.807, 2.05) is 0 Å². The molecule has 1 heteroatoms. The highest BCUT2D eigenvalue weighted by Crippen LogP contribution is 2.55. The van der Waals surface area contributed by atoms with Crippen LogP contribution >= 0.6 is 0 Å². The first-order valence-electron chi connectivity index (χ1n) is 8.42. The van der Waals surface area contributed by atoms with E-state index in [2.05, 4.69) is 52.8 Å². The third-order valence-electron chi connectivity index (χ3n) is 6.03. The van der Waals surface area contributed by atoms with E-state index in [9.17, 15) is 4.79 Å². The quantitative estimate of drug-likeness (QED) is 0.707. The lowest BCUT2D eigenvalue weighted by atomic mass is 9.50. The molecule has 0 aromatic heterocycles. The Morgan fingerprint density at radius 3 is 2.52 bits per heavy atom. The topological polar surface area (TPSA) is 17.1 Å². The van der Waals surface area contributed by atoms with Crippen molar-refractivity contribution in [1.29, 1.82) is 0 Å². The van der Waals surface area contributed by atoms with Crippen LogP contribution < -0.4 is 0 Å². The van der Waals surface area contributed by atoms with E-state index in [1.165, 1.54) is 29.5 Å². The number of benzene rings is 1. The third kappa shape index (κ3) is 2.17. The van der Waals surface area contributed by atoms with Crippen LogP contribution in [0.1, 0.15) is 76.5 Å². The Hall–Kier alpha value is -1.11. The standard InChI is InChI=1S/C20H28O/c1-13(2)14-7-8-16-15(11-14)12-17(21)18-19(3,4)9-6-10-20(16,18)5/h7-8,11,13,18H,6,9-10,12H2,1-5H3/t18-,20+/m0/s1. The highest BCUT2D eigenvalue weighted by atomic mass is 16.1. The van der Waals surface area contributed by atoms with Gasteiger partial charge in [-0.2, -0.15) is 0 Å². The molecule has 0 aliphatic heterocycles. The maximum atomic E-state index is 12.9. The molecule has 1 saturated carbocycles. The van der Waals surface area contributed by atoms with Crippen molar-refractivity contribution in [1.82, 2.24) is 0 Å². The first kappa shape index (κ1) is 14.8. The maximum absolute atomic E-state index is 12.9. The number of carbonyl (C=O) groups excluding carboxylic acids is 1. The summed E-state index contributed by atoms with van der Waals surface area (Å²) in [4.78, 5) is 12.9. The van der Waals surface area contributed by atoms with Gasteiger partial charge in [0.2, 0.25) is 0 Å². The Kier molecular flexibility index (Phi) is 3.31. The Morgan fingerprint density at radius 2 is 1.86 bits per heavy atom. The highest BCUT2D eigenvalue weighted by molar-refractivity contribution is 5.88. The van der Waals surface area contributed by atoms with Gasteiger partial charge in [0, 0.05) is 17.8 Å². The largest absolute Gasteiger partial charge is 0.299 e. The molecule has 3 rings (SSSR count). The molecule has 2 aliphatic rings. The van der Waals surface area contributed by atoms with Crippen LogP contribution in [0.15, 0.2) is 18.2 Å². The molecule has 0 N–H and O–H groups in total. The van der Waals surface area contributed by atoms with Crippen LogP contribution in [0.2, 0.25) is 0 Å². The van der Waals surface area contributed by atoms with Gasteiger partial charge < -0.3 is 0 Å². The number of hydrogen-bond donors (Lipinski definition) is 0. The Bertz CT molecular complexity index is 582. The molecule has 0 bridgehead atoms. The van der Waals surface area contributed by atoms with Crippen molar-refractivity contribution in [3.05, 3.63) is 34.9 Å². The average Bonchev–Trinajstić information content (AvgIpc) is 2.36. The molecule has 0 saturated heterocycles. The molecule has 1 aromatic rings. The van der Waals surface area contributed by atoms with E-state index in [-0.39, 0.29) is 16.7 Å². The Balaban J connectivity index is 2.14. The van der Waals surface area contributed by atoms with Gasteiger partial charge in [-0.15, -0.1) is 0 Å². The van der Waals surface area contributed by atoms with Crippen molar-refractivity contribution in [2.75, 3.05) is 0 Å². The minimum absolute atomic E-state index is 0.0436. The Morgan fingerprint density at radius 1 is 1.14 bits per heavy atom. The molecule has 2 aliphatic carbocycles. The summed E-state index contributed by atoms with van der Waals surface area (Å²) < 4.78 is 0. The molecule has 1 aromatic carbocycles. The van der Waals surface area contributed by atoms with Crippen LogP contribution in [0.5, 0.6) is 0 Å². The second-order valence-corrected chi connectivity index (χ2v) is 8.41. The molecule has 0 spiro atoms. The summed E-state index contributed by atoms with van der Waals surface area (Å²) in [5, 5.41) is 0.